The largest absolute Gasteiger partial charge is 0.493 e. The summed E-state index contributed by atoms with van der Waals surface area (Å²) in [6, 6.07) is 8.69. The van der Waals surface area contributed by atoms with Crippen LogP contribution in [-0.4, -0.2) is 42.7 Å². The van der Waals surface area contributed by atoms with Gasteiger partial charge in [-0.15, -0.1) is 0 Å². The Kier molecular flexibility index (Phi) is 5.21. The van der Waals surface area contributed by atoms with E-state index in [9.17, 15) is 4.79 Å². The molecule has 2 aliphatic heterocycles. The zero-order valence-corrected chi connectivity index (χ0v) is 14.2. The first-order valence-electron chi connectivity index (χ1n) is 8.77. The molecule has 1 aromatic rings. The summed E-state index contributed by atoms with van der Waals surface area (Å²) in [5.74, 6) is 1.49. The first kappa shape index (κ1) is 16.3. The average Bonchev–Trinajstić information content (AvgIpc) is 2.56. The minimum atomic E-state index is 0.237. The average molecular weight is 317 g/mol. The minimum absolute atomic E-state index is 0.237. The molecule has 0 radical (unpaired) electrons. The van der Waals surface area contributed by atoms with Crippen molar-refractivity contribution < 1.29 is 14.3 Å². The fraction of sp³-hybridized carbons (Fsp3) is 0.632. The second kappa shape index (κ2) is 7.35. The number of benzene rings is 1. The normalized spacial score (nSPS) is 21.6. The van der Waals surface area contributed by atoms with Crippen LogP contribution in [0, 0.1) is 0 Å². The Morgan fingerprint density at radius 1 is 1.17 bits per heavy atom. The van der Waals surface area contributed by atoms with Crippen LogP contribution in [0.15, 0.2) is 24.3 Å². The van der Waals surface area contributed by atoms with E-state index >= 15 is 0 Å². The number of ether oxygens (including phenoxy) is 2. The maximum absolute atomic E-state index is 13.0. The van der Waals surface area contributed by atoms with Crippen LogP contribution in [0.2, 0.25) is 0 Å². The molecular formula is C19H27NO3. The summed E-state index contributed by atoms with van der Waals surface area (Å²) in [4.78, 5) is 15.1. The van der Waals surface area contributed by atoms with Gasteiger partial charge in [-0.1, -0.05) is 18.2 Å². The van der Waals surface area contributed by atoms with Crippen LogP contribution >= 0.6 is 0 Å². The van der Waals surface area contributed by atoms with E-state index in [4.69, 9.17) is 9.47 Å². The van der Waals surface area contributed by atoms with Crippen LogP contribution in [0.4, 0.5) is 0 Å². The molecule has 1 saturated heterocycles. The molecule has 1 atom stereocenters. The van der Waals surface area contributed by atoms with Gasteiger partial charge in [0.1, 0.15) is 5.75 Å². The molecule has 4 nitrogen and oxygen atoms in total. The zero-order chi connectivity index (χ0) is 16.2. The van der Waals surface area contributed by atoms with E-state index in [1.165, 1.54) is 5.56 Å². The lowest BCUT2D eigenvalue weighted by Gasteiger charge is -2.38. The topological polar surface area (TPSA) is 38.8 Å². The maximum Gasteiger partial charge on any atom is 0.223 e. The van der Waals surface area contributed by atoms with E-state index in [0.29, 0.717) is 19.1 Å². The molecule has 0 aromatic heterocycles. The molecule has 1 fully saturated rings. The molecule has 4 heteroatoms. The van der Waals surface area contributed by atoms with Crippen LogP contribution in [0.5, 0.6) is 5.75 Å². The van der Waals surface area contributed by atoms with Gasteiger partial charge in [0.05, 0.1) is 6.61 Å². The molecule has 23 heavy (non-hydrogen) atoms. The first-order valence-corrected chi connectivity index (χ1v) is 8.77. The highest BCUT2D eigenvalue weighted by molar-refractivity contribution is 5.78. The van der Waals surface area contributed by atoms with Crippen molar-refractivity contribution in [2.45, 2.75) is 57.5 Å². The summed E-state index contributed by atoms with van der Waals surface area (Å²) >= 11 is 0. The number of hydrogen-bond acceptors (Lipinski definition) is 3. The highest BCUT2D eigenvalue weighted by Gasteiger charge is 2.31. The van der Waals surface area contributed by atoms with Gasteiger partial charge in [0.15, 0.2) is 0 Å². The number of carbonyl (C=O) groups is 1. The van der Waals surface area contributed by atoms with Crippen molar-refractivity contribution in [2.24, 2.45) is 0 Å². The predicted octanol–water partition coefficient (Wildman–Crippen LogP) is 3.36. The Morgan fingerprint density at radius 2 is 1.91 bits per heavy atom. The molecule has 0 bridgehead atoms. The summed E-state index contributed by atoms with van der Waals surface area (Å²) < 4.78 is 11.2. The second-order valence-electron chi connectivity index (χ2n) is 6.81. The Labute approximate surface area is 138 Å². The van der Waals surface area contributed by atoms with E-state index in [2.05, 4.69) is 24.8 Å². The lowest BCUT2D eigenvalue weighted by molar-refractivity contribution is -0.138. The van der Waals surface area contributed by atoms with Crippen molar-refractivity contribution in [3.05, 3.63) is 29.8 Å². The van der Waals surface area contributed by atoms with E-state index < -0.39 is 0 Å². The van der Waals surface area contributed by atoms with Crippen LogP contribution in [0.1, 0.15) is 51.0 Å². The van der Waals surface area contributed by atoms with Gasteiger partial charge < -0.3 is 14.4 Å². The predicted molar refractivity (Wildman–Crippen MR) is 89.7 cm³/mol. The van der Waals surface area contributed by atoms with Gasteiger partial charge in [-0.05, 0) is 50.7 Å². The molecule has 0 saturated carbocycles. The smallest absolute Gasteiger partial charge is 0.223 e. The fourth-order valence-corrected chi connectivity index (χ4v) is 3.82. The van der Waals surface area contributed by atoms with Gasteiger partial charge in [-0.25, -0.2) is 0 Å². The quantitative estimate of drug-likeness (QED) is 0.855. The van der Waals surface area contributed by atoms with Crippen molar-refractivity contribution in [1.29, 1.82) is 0 Å². The Balaban J connectivity index is 1.72. The molecule has 3 rings (SSSR count). The monoisotopic (exact) mass is 317 g/mol. The number of para-hydroxylation sites is 1. The third-order valence-electron chi connectivity index (χ3n) is 4.93. The zero-order valence-electron chi connectivity index (χ0n) is 14.2. The summed E-state index contributed by atoms with van der Waals surface area (Å²) in [5.41, 5.74) is 1.18. The Bertz CT molecular complexity index is 537. The van der Waals surface area contributed by atoms with E-state index in [1.54, 1.807) is 0 Å². The molecule has 0 spiro atoms. The Morgan fingerprint density at radius 3 is 2.65 bits per heavy atom. The number of rotatable bonds is 4. The van der Waals surface area contributed by atoms with Crippen LogP contribution in [0.3, 0.4) is 0 Å². The molecule has 1 amide bonds. The number of carbonyl (C=O) groups excluding carboxylic acids is 1. The molecular weight excluding hydrogens is 290 g/mol. The molecule has 0 unspecified atom stereocenters. The summed E-state index contributed by atoms with van der Waals surface area (Å²) in [7, 11) is 0. The number of hydrogen-bond donors (Lipinski definition) is 0. The van der Waals surface area contributed by atoms with Crippen LogP contribution in [-0.2, 0) is 9.53 Å². The standard InChI is InChI=1S/C19H27NO3/c1-14(2)20(16-8-10-22-11-9-16)19(21)13-15-7-12-23-18-6-4-3-5-17(15)18/h3-6,14-16H,7-13H2,1-2H3/t15-/m0/s1. The van der Waals surface area contributed by atoms with Crippen LogP contribution < -0.4 is 4.74 Å². The van der Waals surface area contributed by atoms with Crippen molar-refractivity contribution in [2.75, 3.05) is 19.8 Å². The number of fused-ring (bicyclic) bond motifs is 1. The van der Waals surface area contributed by atoms with Gasteiger partial charge in [0.2, 0.25) is 5.91 Å². The highest BCUT2D eigenvalue weighted by atomic mass is 16.5. The number of amides is 1. The minimum Gasteiger partial charge on any atom is -0.493 e. The summed E-state index contributed by atoms with van der Waals surface area (Å²) in [6.07, 6.45) is 3.40. The SMILES string of the molecule is CC(C)N(C(=O)C[C@@H]1CCOc2ccccc21)C1CCOCC1. The second-order valence-corrected chi connectivity index (χ2v) is 6.81. The molecule has 1 aromatic carbocycles. The van der Waals surface area contributed by atoms with Gasteiger partial charge in [0, 0.05) is 31.7 Å². The third-order valence-corrected chi connectivity index (χ3v) is 4.93. The van der Waals surface area contributed by atoms with Crippen LogP contribution in [0.25, 0.3) is 0 Å². The van der Waals surface area contributed by atoms with Crippen molar-refractivity contribution >= 4 is 5.91 Å². The van der Waals surface area contributed by atoms with Crippen molar-refractivity contribution in [3.8, 4) is 5.75 Å². The maximum atomic E-state index is 13.0. The molecule has 2 heterocycles. The summed E-state index contributed by atoms with van der Waals surface area (Å²) in [6.45, 7) is 6.47. The van der Waals surface area contributed by atoms with E-state index in [1.807, 2.05) is 18.2 Å². The molecule has 0 N–H and O–H groups in total. The summed E-state index contributed by atoms with van der Waals surface area (Å²) in [5, 5.41) is 0. The van der Waals surface area contributed by atoms with Gasteiger partial charge in [0.25, 0.3) is 0 Å². The lowest BCUT2D eigenvalue weighted by Crippen LogP contribution is -2.47. The van der Waals surface area contributed by atoms with Gasteiger partial charge in [-0.2, -0.15) is 0 Å². The van der Waals surface area contributed by atoms with E-state index in [-0.39, 0.29) is 17.9 Å². The lowest BCUT2D eigenvalue weighted by atomic mass is 9.89. The molecule has 126 valence electrons. The van der Waals surface area contributed by atoms with E-state index in [0.717, 1.165) is 38.2 Å². The fourth-order valence-electron chi connectivity index (χ4n) is 3.82. The third kappa shape index (κ3) is 3.69. The number of nitrogens with zero attached hydrogens (tertiary/aromatic N) is 1. The van der Waals surface area contributed by atoms with Gasteiger partial charge >= 0.3 is 0 Å². The van der Waals surface area contributed by atoms with Crippen molar-refractivity contribution in [1.82, 2.24) is 4.90 Å². The highest BCUT2D eigenvalue weighted by Crippen LogP contribution is 2.36. The van der Waals surface area contributed by atoms with Gasteiger partial charge in [-0.3, -0.25) is 4.79 Å². The van der Waals surface area contributed by atoms with Crippen molar-refractivity contribution in [3.63, 3.8) is 0 Å². The molecule has 0 aliphatic carbocycles. The first-order chi connectivity index (χ1) is 11.2. The molecule has 2 aliphatic rings. The Hall–Kier alpha value is -1.55.